The molecule has 82 valence electrons. The number of aliphatic hydroxyl groups excluding tert-OH is 1. The van der Waals surface area contributed by atoms with E-state index in [1.165, 1.54) is 0 Å². The lowest BCUT2D eigenvalue weighted by Crippen LogP contribution is -2.23. The first-order valence-electron chi connectivity index (χ1n) is 5.14. The number of ether oxygens (including phenoxy) is 1. The monoisotopic (exact) mass is 227 g/mol. The number of halogens is 1. The highest BCUT2D eigenvalue weighted by atomic mass is 35.5. The maximum absolute atomic E-state index is 10.1. The maximum atomic E-state index is 10.1. The van der Waals surface area contributed by atoms with Crippen LogP contribution in [0.25, 0.3) is 0 Å². The Balaban J connectivity index is 2.12. The fourth-order valence-corrected chi connectivity index (χ4v) is 2.13. The standard InChI is InChI=1S/C11H14ClNO2/c12-10-6-13-4-3-9(10)11(14)8-2-1-5-15-7-8/h3-4,6,8,11,14H,1-2,5,7H2. The van der Waals surface area contributed by atoms with Crippen LogP contribution in [0.5, 0.6) is 0 Å². The van der Waals surface area contributed by atoms with Gasteiger partial charge in [0, 0.05) is 30.5 Å². The summed E-state index contributed by atoms with van der Waals surface area (Å²) in [6.07, 6.45) is 4.66. The second kappa shape index (κ2) is 4.92. The zero-order valence-corrected chi connectivity index (χ0v) is 9.15. The molecule has 2 unspecified atom stereocenters. The average molecular weight is 228 g/mol. The van der Waals surface area contributed by atoms with E-state index in [1.807, 2.05) is 0 Å². The zero-order chi connectivity index (χ0) is 10.7. The van der Waals surface area contributed by atoms with Gasteiger partial charge >= 0.3 is 0 Å². The lowest BCUT2D eigenvalue weighted by molar-refractivity contribution is -0.00995. The Morgan fingerprint density at radius 2 is 2.47 bits per heavy atom. The van der Waals surface area contributed by atoms with E-state index < -0.39 is 6.10 Å². The van der Waals surface area contributed by atoms with E-state index in [1.54, 1.807) is 18.5 Å². The lowest BCUT2D eigenvalue weighted by Gasteiger charge is -2.27. The number of aliphatic hydroxyl groups is 1. The Bertz CT molecular complexity index is 326. The SMILES string of the molecule is OC(c1ccncc1Cl)C1CCCOC1. The summed E-state index contributed by atoms with van der Waals surface area (Å²) in [6.45, 7) is 1.41. The summed E-state index contributed by atoms with van der Waals surface area (Å²) >= 11 is 5.98. The number of hydrogen-bond acceptors (Lipinski definition) is 3. The third kappa shape index (κ3) is 2.48. The molecule has 0 aromatic carbocycles. The Kier molecular flexibility index (Phi) is 3.57. The summed E-state index contributed by atoms with van der Waals surface area (Å²) in [5.74, 6) is 0.152. The van der Waals surface area contributed by atoms with E-state index >= 15 is 0 Å². The van der Waals surface area contributed by atoms with E-state index in [0.29, 0.717) is 11.6 Å². The first kappa shape index (κ1) is 10.9. The molecule has 2 atom stereocenters. The van der Waals surface area contributed by atoms with Gasteiger partial charge in [0.2, 0.25) is 0 Å². The summed E-state index contributed by atoms with van der Waals surface area (Å²) < 4.78 is 5.35. The van der Waals surface area contributed by atoms with Crippen LogP contribution in [0.3, 0.4) is 0 Å². The van der Waals surface area contributed by atoms with Crippen LogP contribution in [-0.2, 0) is 4.74 Å². The number of aromatic nitrogens is 1. The summed E-state index contributed by atoms with van der Waals surface area (Å²) in [7, 11) is 0. The molecule has 0 aliphatic carbocycles. The second-order valence-corrected chi connectivity index (χ2v) is 4.23. The van der Waals surface area contributed by atoms with E-state index in [4.69, 9.17) is 16.3 Å². The van der Waals surface area contributed by atoms with Crippen molar-refractivity contribution in [3.05, 3.63) is 29.0 Å². The minimum absolute atomic E-state index is 0.152. The van der Waals surface area contributed by atoms with Crippen molar-refractivity contribution in [1.82, 2.24) is 4.98 Å². The largest absolute Gasteiger partial charge is 0.388 e. The van der Waals surface area contributed by atoms with Crippen LogP contribution in [0.4, 0.5) is 0 Å². The lowest BCUT2D eigenvalue weighted by atomic mass is 9.91. The normalized spacial score (nSPS) is 23.7. The molecule has 1 fully saturated rings. The van der Waals surface area contributed by atoms with Gasteiger partial charge in [0.1, 0.15) is 0 Å². The molecular formula is C11H14ClNO2. The van der Waals surface area contributed by atoms with Gasteiger partial charge in [-0.3, -0.25) is 4.98 Å². The Morgan fingerprint density at radius 3 is 3.13 bits per heavy atom. The van der Waals surface area contributed by atoms with Crippen molar-refractivity contribution in [3.8, 4) is 0 Å². The molecule has 1 N–H and O–H groups in total. The van der Waals surface area contributed by atoms with Crippen molar-refractivity contribution in [2.75, 3.05) is 13.2 Å². The molecule has 15 heavy (non-hydrogen) atoms. The number of hydrogen-bond donors (Lipinski definition) is 1. The average Bonchev–Trinajstić information content (AvgIpc) is 2.30. The summed E-state index contributed by atoms with van der Waals surface area (Å²) in [6, 6.07) is 1.77. The molecule has 1 aliphatic rings. The smallest absolute Gasteiger partial charge is 0.0855 e. The van der Waals surface area contributed by atoms with Gasteiger partial charge in [0.15, 0.2) is 0 Å². The molecule has 0 amide bonds. The van der Waals surface area contributed by atoms with Gasteiger partial charge in [-0.15, -0.1) is 0 Å². The topological polar surface area (TPSA) is 42.4 Å². The van der Waals surface area contributed by atoms with Crippen LogP contribution >= 0.6 is 11.6 Å². The van der Waals surface area contributed by atoms with Crippen LogP contribution in [0.2, 0.25) is 5.02 Å². The van der Waals surface area contributed by atoms with Crippen LogP contribution in [0.15, 0.2) is 18.5 Å². The molecule has 0 bridgehead atoms. The number of rotatable bonds is 2. The Morgan fingerprint density at radius 1 is 1.60 bits per heavy atom. The van der Waals surface area contributed by atoms with Gasteiger partial charge < -0.3 is 9.84 Å². The number of pyridine rings is 1. The van der Waals surface area contributed by atoms with E-state index in [-0.39, 0.29) is 5.92 Å². The van der Waals surface area contributed by atoms with Gasteiger partial charge in [-0.2, -0.15) is 0 Å². The summed E-state index contributed by atoms with van der Waals surface area (Å²) in [4.78, 5) is 3.90. The molecule has 1 aliphatic heterocycles. The van der Waals surface area contributed by atoms with Crippen LogP contribution in [0, 0.1) is 5.92 Å². The quantitative estimate of drug-likeness (QED) is 0.842. The molecule has 1 aromatic heterocycles. The Labute approximate surface area is 94.0 Å². The van der Waals surface area contributed by atoms with Crippen LogP contribution in [-0.4, -0.2) is 23.3 Å². The van der Waals surface area contributed by atoms with Gasteiger partial charge in [0.05, 0.1) is 17.7 Å². The third-order valence-corrected chi connectivity index (χ3v) is 3.08. The predicted molar refractivity (Wildman–Crippen MR) is 57.7 cm³/mol. The van der Waals surface area contributed by atoms with Gasteiger partial charge in [0.25, 0.3) is 0 Å². The van der Waals surface area contributed by atoms with Crippen molar-refractivity contribution < 1.29 is 9.84 Å². The summed E-state index contributed by atoms with van der Waals surface area (Å²) in [5, 5.41) is 10.7. The van der Waals surface area contributed by atoms with E-state index in [0.717, 1.165) is 25.0 Å². The molecule has 0 radical (unpaired) electrons. The molecule has 2 rings (SSSR count). The fourth-order valence-electron chi connectivity index (χ4n) is 1.89. The fraction of sp³-hybridized carbons (Fsp3) is 0.545. The minimum atomic E-state index is -0.541. The van der Waals surface area contributed by atoms with Gasteiger partial charge in [-0.1, -0.05) is 11.6 Å². The highest BCUT2D eigenvalue weighted by Gasteiger charge is 2.25. The predicted octanol–water partition coefficient (Wildman–Crippen LogP) is 2.19. The number of nitrogens with zero attached hydrogens (tertiary/aromatic N) is 1. The third-order valence-electron chi connectivity index (χ3n) is 2.76. The molecule has 3 nitrogen and oxygen atoms in total. The van der Waals surface area contributed by atoms with Crippen molar-refractivity contribution in [2.24, 2.45) is 5.92 Å². The molecule has 4 heteroatoms. The molecule has 1 aromatic rings. The Hall–Kier alpha value is -0.640. The van der Waals surface area contributed by atoms with Crippen molar-refractivity contribution in [2.45, 2.75) is 18.9 Å². The van der Waals surface area contributed by atoms with E-state index in [2.05, 4.69) is 4.98 Å². The maximum Gasteiger partial charge on any atom is 0.0855 e. The van der Waals surface area contributed by atoms with Gasteiger partial charge in [-0.25, -0.2) is 0 Å². The van der Waals surface area contributed by atoms with Crippen molar-refractivity contribution in [1.29, 1.82) is 0 Å². The van der Waals surface area contributed by atoms with Crippen molar-refractivity contribution in [3.63, 3.8) is 0 Å². The minimum Gasteiger partial charge on any atom is -0.388 e. The molecule has 1 saturated heterocycles. The highest BCUT2D eigenvalue weighted by Crippen LogP contribution is 2.31. The molecule has 2 heterocycles. The summed E-state index contributed by atoms with van der Waals surface area (Å²) in [5.41, 5.74) is 0.752. The first-order valence-corrected chi connectivity index (χ1v) is 5.52. The second-order valence-electron chi connectivity index (χ2n) is 3.82. The van der Waals surface area contributed by atoms with Crippen LogP contribution < -0.4 is 0 Å². The molecule has 0 saturated carbocycles. The zero-order valence-electron chi connectivity index (χ0n) is 8.40. The molecular weight excluding hydrogens is 214 g/mol. The highest BCUT2D eigenvalue weighted by molar-refractivity contribution is 6.31. The van der Waals surface area contributed by atoms with E-state index in [9.17, 15) is 5.11 Å². The van der Waals surface area contributed by atoms with Gasteiger partial charge in [-0.05, 0) is 18.9 Å². The molecule has 0 spiro atoms. The van der Waals surface area contributed by atoms with Crippen LogP contribution in [0.1, 0.15) is 24.5 Å². The first-order chi connectivity index (χ1) is 7.29. The van der Waals surface area contributed by atoms with Crippen molar-refractivity contribution >= 4 is 11.6 Å².